The number of hydrogen-bond donors (Lipinski definition) is 2. The largest absolute Gasteiger partial charge is 0.465 e. The maximum atomic E-state index is 11.6. The van der Waals surface area contributed by atoms with Gasteiger partial charge in [0.15, 0.2) is 0 Å². The summed E-state index contributed by atoms with van der Waals surface area (Å²) in [6.07, 6.45) is 7.71. The molecule has 1 aliphatic rings. The van der Waals surface area contributed by atoms with Crippen LogP contribution in [0.4, 0.5) is 11.5 Å². The number of rotatable bonds is 3. The fourth-order valence-corrected chi connectivity index (χ4v) is 2.73. The summed E-state index contributed by atoms with van der Waals surface area (Å²) in [6.45, 7) is 2.27. The molecule has 1 heterocycles. The number of nitrogen functional groups attached to an aromatic ring is 1. The van der Waals surface area contributed by atoms with Crippen LogP contribution in [0.5, 0.6) is 0 Å². The summed E-state index contributed by atoms with van der Waals surface area (Å²) in [5.74, 6) is 0.874. The Bertz CT molecular complexity index is 476. The van der Waals surface area contributed by atoms with Crippen LogP contribution in [0.3, 0.4) is 0 Å². The molecule has 0 aromatic carbocycles. The zero-order chi connectivity index (χ0) is 14.5. The van der Waals surface area contributed by atoms with Gasteiger partial charge in [0.25, 0.3) is 0 Å². The van der Waals surface area contributed by atoms with Gasteiger partial charge in [0.2, 0.25) is 0 Å². The number of hydrogen-bond acceptors (Lipinski definition) is 5. The second kappa shape index (κ2) is 6.59. The van der Waals surface area contributed by atoms with Crippen molar-refractivity contribution in [1.29, 1.82) is 0 Å². The van der Waals surface area contributed by atoms with Crippen LogP contribution in [-0.4, -0.2) is 24.1 Å². The van der Waals surface area contributed by atoms with Gasteiger partial charge in [0, 0.05) is 6.04 Å². The summed E-state index contributed by atoms with van der Waals surface area (Å²) in [7, 11) is 1.35. The predicted octanol–water partition coefficient (Wildman–Crippen LogP) is 2.83. The molecule has 1 aromatic rings. The minimum atomic E-state index is -0.429. The topological polar surface area (TPSA) is 77.2 Å². The molecular formula is C15H23N3O2. The molecule has 1 fully saturated rings. The fraction of sp³-hybridized carbons (Fsp3) is 0.600. The Balaban J connectivity index is 2.14. The average molecular weight is 277 g/mol. The molecule has 20 heavy (non-hydrogen) atoms. The molecule has 0 saturated heterocycles. The standard InChI is InChI=1S/C15H23N3O2/c1-10-6-4-3-5-7-13(10)18-14-8-11(15(19)20-2)12(16)9-17-14/h8-10,13H,3-7,16H2,1-2H3,(H,17,18). The summed E-state index contributed by atoms with van der Waals surface area (Å²) < 4.78 is 4.73. The first-order chi connectivity index (χ1) is 9.61. The highest BCUT2D eigenvalue weighted by Crippen LogP contribution is 2.26. The van der Waals surface area contributed by atoms with Crippen molar-refractivity contribution in [3.63, 3.8) is 0 Å². The van der Waals surface area contributed by atoms with Gasteiger partial charge in [-0.05, 0) is 24.8 Å². The van der Waals surface area contributed by atoms with Crippen molar-refractivity contribution in [3.05, 3.63) is 17.8 Å². The molecule has 0 aliphatic heterocycles. The van der Waals surface area contributed by atoms with Gasteiger partial charge in [-0.15, -0.1) is 0 Å². The Morgan fingerprint density at radius 3 is 2.90 bits per heavy atom. The monoisotopic (exact) mass is 277 g/mol. The van der Waals surface area contributed by atoms with Gasteiger partial charge in [-0.25, -0.2) is 9.78 Å². The first-order valence-electron chi connectivity index (χ1n) is 7.22. The number of pyridine rings is 1. The van der Waals surface area contributed by atoms with Gasteiger partial charge in [0.1, 0.15) is 5.82 Å². The van der Waals surface area contributed by atoms with Crippen LogP contribution >= 0.6 is 0 Å². The Kier molecular flexibility index (Phi) is 4.82. The lowest BCUT2D eigenvalue weighted by Crippen LogP contribution is -2.27. The molecule has 2 rings (SSSR count). The van der Waals surface area contributed by atoms with E-state index in [4.69, 9.17) is 10.5 Å². The molecule has 0 amide bonds. The third-order valence-electron chi connectivity index (χ3n) is 4.03. The molecule has 5 nitrogen and oxygen atoms in total. The third-order valence-corrected chi connectivity index (χ3v) is 4.03. The number of methoxy groups -OCH3 is 1. The van der Waals surface area contributed by atoms with Gasteiger partial charge in [-0.1, -0.05) is 26.2 Å². The van der Waals surface area contributed by atoms with Crippen LogP contribution in [0.2, 0.25) is 0 Å². The van der Waals surface area contributed by atoms with Crippen molar-refractivity contribution in [2.45, 2.75) is 45.1 Å². The summed E-state index contributed by atoms with van der Waals surface area (Å²) in [6, 6.07) is 2.08. The van der Waals surface area contributed by atoms with E-state index in [1.165, 1.54) is 39.0 Å². The molecule has 110 valence electrons. The normalized spacial score (nSPS) is 22.9. The van der Waals surface area contributed by atoms with Gasteiger partial charge in [-0.3, -0.25) is 0 Å². The van der Waals surface area contributed by atoms with E-state index >= 15 is 0 Å². The lowest BCUT2D eigenvalue weighted by Gasteiger charge is -2.23. The van der Waals surface area contributed by atoms with Crippen LogP contribution in [0.15, 0.2) is 12.3 Å². The van der Waals surface area contributed by atoms with E-state index in [0.29, 0.717) is 29.0 Å². The van der Waals surface area contributed by atoms with Crippen LogP contribution in [0.25, 0.3) is 0 Å². The minimum Gasteiger partial charge on any atom is -0.465 e. The summed E-state index contributed by atoms with van der Waals surface area (Å²) in [5.41, 5.74) is 6.47. The number of nitrogens with two attached hydrogens (primary N) is 1. The number of nitrogens with zero attached hydrogens (tertiary/aromatic N) is 1. The summed E-state index contributed by atoms with van der Waals surface area (Å²) in [5, 5.41) is 3.44. The molecule has 0 bridgehead atoms. The van der Waals surface area contributed by atoms with E-state index in [-0.39, 0.29) is 0 Å². The van der Waals surface area contributed by atoms with Crippen LogP contribution in [0, 0.1) is 5.92 Å². The zero-order valence-corrected chi connectivity index (χ0v) is 12.2. The molecule has 1 aromatic heterocycles. The molecule has 3 N–H and O–H groups in total. The number of carbonyl (C=O) groups excluding carboxylic acids is 1. The lowest BCUT2D eigenvalue weighted by atomic mass is 9.97. The summed E-state index contributed by atoms with van der Waals surface area (Å²) >= 11 is 0. The van der Waals surface area contributed by atoms with Gasteiger partial charge >= 0.3 is 5.97 Å². The van der Waals surface area contributed by atoms with Crippen LogP contribution in [0.1, 0.15) is 49.4 Å². The Labute approximate surface area is 119 Å². The van der Waals surface area contributed by atoms with E-state index in [9.17, 15) is 4.79 Å². The van der Waals surface area contributed by atoms with E-state index in [0.717, 1.165) is 6.42 Å². The number of esters is 1. The quantitative estimate of drug-likeness (QED) is 0.656. The molecule has 1 saturated carbocycles. The van der Waals surface area contributed by atoms with E-state index in [1.54, 1.807) is 6.07 Å². The summed E-state index contributed by atoms with van der Waals surface area (Å²) in [4.78, 5) is 15.9. The second-order valence-electron chi connectivity index (χ2n) is 5.51. The van der Waals surface area contributed by atoms with Gasteiger partial charge in [-0.2, -0.15) is 0 Å². The first-order valence-corrected chi connectivity index (χ1v) is 7.22. The number of ether oxygens (including phenoxy) is 1. The Morgan fingerprint density at radius 2 is 2.15 bits per heavy atom. The third kappa shape index (κ3) is 3.40. The Morgan fingerprint density at radius 1 is 1.40 bits per heavy atom. The minimum absolute atomic E-state index is 0.344. The second-order valence-corrected chi connectivity index (χ2v) is 5.51. The number of anilines is 2. The van der Waals surface area contributed by atoms with Crippen molar-refractivity contribution in [3.8, 4) is 0 Å². The molecule has 0 spiro atoms. The molecule has 1 aliphatic carbocycles. The van der Waals surface area contributed by atoms with E-state index in [1.807, 2.05) is 0 Å². The maximum Gasteiger partial charge on any atom is 0.340 e. The number of aromatic nitrogens is 1. The van der Waals surface area contributed by atoms with Crippen molar-refractivity contribution in [2.24, 2.45) is 5.92 Å². The SMILES string of the molecule is COC(=O)c1cc(NC2CCCCCC2C)ncc1N. The molecule has 0 radical (unpaired) electrons. The fourth-order valence-electron chi connectivity index (χ4n) is 2.73. The van der Waals surface area contributed by atoms with Crippen LogP contribution in [-0.2, 0) is 4.74 Å². The highest BCUT2D eigenvalue weighted by atomic mass is 16.5. The van der Waals surface area contributed by atoms with E-state index in [2.05, 4.69) is 17.2 Å². The van der Waals surface area contributed by atoms with Crippen LogP contribution < -0.4 is 11.1 Å². The maximum absolute atomic E-state index is 11.6. The van der Waals surface area contributed by atoms with Crippen molar-refractivity contribution >= 4 is 17.5 Å². The van der Waals surface area contributed by atoms with E-state index < -0.39 is 5.97 Å². The number of nitrogens with one attached hydrogen (secondary N) is 1. The lowest BCUT2D eigenvalue weighted by molar-refractivity contribution is 0.0602. The van der Waals surface area contributed by atoms with Crippen molar-refractivity contribution in [2.75, 3.05) is 18.2 Å². The van der Waals surface area contributed by atoms with Crippen molar-refractivity contribution in [1.82, 2.24) is 4.98 Å². The first kappa shape index (κ1) is 14.6. The Hall–Kier alpha value is -1.78. The van der Waals surface area contributed by atoms with Gasteiger partial charge < -0.3 is 15.8 Å². The highest BCUT2D eigenvalue weighted by molar-refractivity contribution is 5.95. The predicted molar refractivity (Wildman–Crippen MR) is 79.6 cm³/mol. The van der Waals surface area contributed by atoms with Gasteiger partial charge in [0.05, 0.1) is 24.6 Å². The average Bonchev–Trinajstić information content (AvgIpc) is 2.65. The molecule has 2 atom stereocenters. The van der Waals surface area contributed by atoms with Crippen molar-refractivity contribution < 1.29 is 9.53 Å². The zero-order valence-electron chi connectivity index (χ0n) is 12.2. The molecule has 2 unspecified atom stereocenters. The molecule has 5 heteroatoms. The highest BCUT2D eigenvalue weighted by Gasteiger charge is 2.21. The molecular weight excluding hydrogens is 254 g/mol. The smallest absolute Gasteiger partial charge is 0.340 e. The number of carbonyl (C=O) groups is 1.